The summed E-state index contributed by atoms with van der Waals surface area (Å²) in [6, 6.07) is 6.61. The summed E-state index contributed by atoms with van der Waals surface area (Å²) < 4.78 is 5.17. The van der Waals surface area contributed by atoms with Gasteiger partial charge in [0, 0.05) is 23.3 Å². The average molecular weight is 345 g/mol. The van der Waals surface area contributed by atoms with Crippen LogP contribution in [0.5, 0.6) is 17.2 Å². The maximum absolute atomic E-state index is 11.7. The molecule has 0 aromatic heterocycles. The molecule has 8 nitrogen and oxygen atoms in total. The number of ether oxygens (including phenoxy) is 1. The summed E-state index contributed by atoms with van der Waals surface area (Å²) >= 11 is 0. The third-order valence-corrected chi connectivity index (χ3v) is 3.50. The first kappa shape index (κ1) is 17.8. The second-order valence-corrected chi connectivity index (χ2v) is 5.22. The minimum atomic E-state index is -1.31. The largest absolute Gasteiger partial charge is 0.507 e. The highest BCUT2D eigenvalue weighted by atomic mass is 16.6. The van der Waals surface area contributed by atoms with Crippen molar-refractivity contribution in [3.05, 3.63) is 57.1 Å². The summed E-state index contributed by atoms with van der Waals surface area (Å²) in [5.41, 5.74) is 0.0419. The molecule has 0 amide bonds. The lowest BCUT2D eigenvalue weighted by Crippen LogP contribution is -2.02. The number of carbonyl (C=O) groups is 1. The van der Waals surface area contributed by atoms with Crippen molar-refractivity contribution in [3.63, 3.8) is 0 Å². The number of hydrogen-bond acceptors (Lipinski definition) is 6. The summed E-state index contributed by atoms with van der Waals surface area (Å²) in [5.74, 6) is -2.22. The van der Waals surface area contributed by atoms with Gasteiger partial charge in [0.1, 0.15) is 11.5 Å². The molecule has 0 bridgehead atoms. The zero-order valence-corrected chi connectivity index (χ0v) is 13.4. The van der Waals surface area contributed by atoms with Gasteiger partial charge in [-0.1, -0.05) is 11.6 Å². The molecule has 0 aliphatic rings. The second kappa shape index (κ2) is 6.91. The molecule has 0 spiro atoms. The number of phenols is 2. The predicted molar refractivity (Wildman–Crippen MR) is 89.7 cm³/mol. The van der Waals surface area contributed by atoms with Gasteiger partial charge in [0.05, 0.1) is 17.6 Å². The highest BCUT2D eigenvalue weighted by Gasteiger charge is 2.20. The van der Waals surface area contributed by atoms with Crippen LogP contribution in [0.2, 0.25) is 0 Å². The smallest absolute Gasteiger partial charge is 0.336 e. The van der Waals surface area contributed by atoms with Gasteiger partial charge in [-0.3, -0.25) is 10.1 Å². The molecule has 0 heterocycles. The molecule has 130 valence electrons. The predicted octanol–water partition coefficient (Wildman–Crippen LogP) is 2.95. The number of carboxylic acids is 1. The Morgan fingerprint density at radius 1 is 1.20 bits per heavy atom. The van der Waals surface area contributed by atoms with Gasteiger partial charge in [-0.15, -0.1) is 0 Å². The fourth-order valence-electron chi connectivity index (χ4n) is 2.29. The number of rotatable bonds is 5. The van der Waals surface area contributed by atoms with Crippen LogP contribution in [-0.2, 0) is 4.79 Å². The minimum Gasteiger partial charge on any atom is -0.507 e. The number of carboxylic acid groups (broad SMARTS) is 1. The lowest BCUT2D eigenvalue weighted by Gasteiger charge is -2.11. The van der Waals surface area contributed by atoms with Gasteiger partial charge >= 0.3 is 11.7 Å². The Kier molecular flexibility index (Phi) is 4.92. The second-order valence-electron chi connectivity index (χ2n) is 5.22. The van der Waals surface area contributed by atoms with Crippen LogP contribution in [-0.4, -0.2) is 33.3 Å². The van der Waals surface area contributed by atoms with Crippen LogP contribution in [0.1, 0.15) is 16.7 Å². The molecule has 2 rings (SSSR count). The summed E-state index contributed by atoms with van der Waals surface area (Å²) in [7, 11) is 1.39. The van der Waals surface area contributed by atoms with E-state index in [9.17, 15) is 30.2 Å². The molecular weight excluding hydrogens is 330 g/mol. The van der Waals surface area contributed by atoms with Crippen molar-refractivity contribution in [2.45, 2.75) is 6.92 Å². The number of nitro benzene ring substituents is 1. The number of aliphatic carboxylic acids is 1. The maximum Gasteiger partial charge on any atom is 0.336 e. The van der Waals surface area contributed by atoms with Crippen molar-refractivity contribution in [3.8, 4) is 17.2 Å². The van der Waals surface area contributed by atoms with Crippen LogP contribution >= 0.6 is 0 Å². The Labute approximate surface area is 142 Å². The van der Waals surface area contributed by atoms with Crippen LogP contribution in [0, 0.1) is 17.0 Å². The third kappa shape index (κ3) is 3.69. The van der Waals surface area contributed by atoms with E-state index in [4.69, 9.17) is 4.74 Å². The van der Waals surface area contributed by atoms with Crippen molar-refractivity contribution in [1.29, 1.82) is 0 Å². The molecule has 2 aromatic carbocycles. The topological polar surface area (TPSA) is 130 Å². The number of benzene rings is 2. The van der Waals surface area contributed by atoms with Crippen molar-refractivity contribution < 1.29 is 29.8 Å². The van der Waals surface area contributed by atoms with E-state index in [1.165, 1.54) is 7.11 Å². The van der Waals surface area contributed by atoms with Gasteiger partial charge < -0.3 is 20.1 Å². The molecule has 0 aliphatic carbocycles. The van der Waals surface area contributed by atoms with Gasteiger partial charge in [0.25, 0.3) is 0 Å². The summed E-state index contributed by atoms with van der Waals surface area (Å²) in [4.78, 5) is 21.8. The number of aryl methyl sites for hydroxylation is 1. The van der Waals surface area contributed by atoms with Gasteiger partial charge in [0.2, 0.25) is 0 Å². The number of aromatic hydroxyl groups is 2. The van der Waals surface area contributed by atoms with Crippen LogP contribution < -0.4 is 4.74 Å². The molecular formula is C17H15NO7. The minimum absolute atomic E-state index is 0.120. The first-order valence-corrected chi connectivity index (χ1v) is 7.05. The van der Waals surface area contributed by atoms with E-state index in [1.54, 1.807) is 25.1 Å². The molecule has 0 aliphatic heterocycles. The molecule has 3 N–H and O–H groups in total. The van der Waals surface area contributed by atoms with Crippen LogP contribution in [0.25, 0.3) is 11.6 Å². The van der Waals surface area contributed by atoms with E-state index in [-0.39, 0.29) is 16.7 Å². The quantitative estimate of drug-likeness (QED) is 0.329. The standard InChI is InChI=1S/C17H15NO7/c1-9-3-4-16(25-2)11(5-9)12(17(21)22)6-10-7-13(18(23)24)15(20)8-14(10)19/h3-8,19-20H,1-2H3,(H,21,22)/b12-6-. The van der Waals surface area contributed by atoms with E-state index >= 15 is 0 Å². The van der Waals surface area contributed by atoms with Crippen molar-refractivity contribution in [2.75, 3.05) is 7.11 Å². The average Bonchev–Trinajstić information content (AvgIpc) is 2.53. The molecule has 0 atom stereocenters. The van der Waals surface area contributed by atoms with Gasteiger partial charge in [-0.25, -0.2) is 4.79 Å². The van der Waals surface area contributed by atoms with E-state index in [1.807, 2.05) is 0 Å². The highest BCUT2D eigenvalue weighted by Crippen LogP contribution is 2.36. The fraction of sp³-hybridized carbons (Fsp3) is 0.118. The van der Waals surface area contributed by atoms with Gasteiger partial charge in [-0.05, 0) is 25.1 Å². The van der Waals surface area contributed by atoms with Gasteiger partial charge in [-0.2, -0.15) is 0 Å². The Balaban J connectivity index is 2.71. The molecule has 8 heteroatoms. The molecule has 0 radical (unpaired) electrons. The molecule has 25 heavy (non-hydrogen) atoms. The molecule has 0 unspecified atom stereocenters. The van der Waals surface area contributed by atoms with Crippen molar-refractivity contribution >= 4 is 23.3 Å². The number of nitrogens with zero attached hydrogens (tertiary/aromatic N) is 1. The number of phenolic OH excluding ortho intramolecular Hbond substituents is 2. The Bertz CT molecular complexity index is 887. The molecule has 2 aromatic rings. The summed E-state index contributed by atoms with van der Waals surface area (Å²) in [6.07, 6.45) is 1.08. The maximum atomic E-state index is 11.7. The van der Waals surface area contributed by atoms with Crippen molar-refractivity contribution in [2.24, 2.45) is 0 Å². The first-order valence-electron chi connectivity index (χ1n) is 7.05. The number of methoxy groups -OCH3 is 1. The Morgan fingerprint density at radius 2 is 1.88 bits per heavy atom. The highest BCUT2D eigenvalue weighted by molar-refractivity contribution is 6.21. The molecule has 0 fully saturated rings. The van der Waals surface area contributed by atoms with Crippen molar-refractivity contribution in [1.82, 2.24) is 0 Å². The molecule has 0 saturated carbocycles. The van der Waals surface area contributed by atoms with E-state index in [0.29, 0.717) is 5.75 Å². The van der Waals surface area contributed by atoms with Gasteiger partial charge in [0.15, 0.2) is 5.75 Å². The van der Waals surface area contributed by atoms with Crippen LogP contribution in [0.3, 0.4) is 0 Å². The number of hydrogen-bond donors (Lipinski definition) is 3. The van der Waals surface area contributed by atoms with E-state index in [0.717, 1.165) is 23.8 Å². The lowest BCUT2D eigenvalue weighted by atomic mass is 9.99. The van der Waals surface area contributed by atoms with E-state index in [2.05, 4.69) is 0 Å². The molecule has 0 saturated heterocycles. The third-order valence-electron chi connectivity index (χ3n) is 3.50. The van der Waals surface area contributed by atoms with Crippen LogP contribution in [0.4, 0.5) is 5.69 Å². The monoisotopic (exact) mass is 345 g/mol. The normalized spacial score (nSPS) is 11.2. The van der Waals surface area contributed by atoms with Crippen LogP contribution in [0.15, 0.2) is 30.3 Å². The first-order chi connectivity index (χ1) is 11.7. The summed E-state index contributed by atoms with van der Waals surface area (Å²) in [5, 5.41) is 39.9. The number of nitro groups is 1. The van der Waals surface area contributed by atoms with E-state index < -0.39 is 28.1 Å². The SMILES string of the molecule is COc1ccc(C)cc1/C(=C/c1cc([N+](=O)[O-])c(O)cc1O)C(=O)O. The fourth-order valence-corrected chi connectivity index (χ4v) is 2.29. The lowest BCUT2D eigenvalue weighted by molar-refractivity contribution is -0.385. The Morgan fingerprint density at radius 3 is 2.44 bits per heavy atom. The zero-order chi connectivity index (χ0) is 18.7. The zero-order valence-electron chi connectivity index (χ0n) is 13.4. The summed E-state index contributed by atoms with van der Waals surface area (Å²) in [6.45, 7) is 1.77. The Hall–Kier alpha value is -3.55.